The number of nitrogens with zero attached hydrogens (tertiary/aromatic N) is 2. The number of rotatable bonds is 3. The average Bonchev–Trinajstić information content (AvgIpc) is 2.74. The molecule has 3 heterocycles. The van der Waals surface area contributed by atoms with Gasteiger partial charge in [-0.25, -0.2) is 4.39 Å². The van der Waals surface area contributed by atoms with Crippen LogP contribution >= 0.6 is 0 Å². The highest BCUT2D eigenvalue weighted by molar-refractivity contribution is 5.96. The van der Waals surface area contributed by atoms with E-state index >= 15 is 0 Å². The molecule has 31 heavy (non-hydrogen) atoms. The number of nitrogens with one attached hydrogen (secondary N) is 2. The second-order valence-electron chi connectivity index (χ2n) is 8.87. The summed E-state index contributed by atoms with van der Waals surface area (Å²) in [7, 11) is 0. The first kappa shape index (κ1) is 20.1. The summed E-state index contributed by atoms with van der Waals surface area (Å²) in [5, 5.41) is 4.60. The first-order chi connectivity index (χ1) is 15.0. The predicted molar refractivity (Wildman–Crippen MR) is 125 cm³/mol. The van der Waals surface area contributed by atoms with Gasteiger partial charge < -0.3 is 15.2 Å². The minimum atomic E-state index is -0.180. The Hall–Kier alpha value is -2.86. The van der Waals surface area contributed by atoms with E-state index in [2.05, 4.69) is 39.2 Å². The lowest BCUT2D eigenvalue weighted by molar-refractivity contribution is 0.250. The number of piperazine rings is 1. The lowest BCUT2D eigenvalue weighted by atomic mass is 9.97. The predicted octanol–water partition coefficient (Wildman–Crippen LogP) is 3.96. The van der Waals surface area contributed by atoms with Crippen molar-refractivity contribution in [3.8, 4) is 0 Å². The number of fused-ring (bicyclic) bond motifs is 3. The number of aromatic nitrogens is 1. The summed E-state index contributed by atoms with van der Waals surface area (Å²) in [5.74, 6) is -0.180. The highest BCUT2D eigenvalue weighted by Gasteiger charge is 2.21. The van der Waals surface area contributed by atoms with Crippen LogP contribution < -0.4 is 15.8 Å². The van der Waals surface area contributed by atoms with Gasteiger partial charge in [0.05, 0.1) is 11.2 Å². The SMILES string of the molecule is Cc1cc(F)ccc1N1CCN(Cc2cc(C)c3c4c(c(=O)[nH]c3c2)CCCN4)CC1. The van der Waals surface area contributed by atoms with Crippen molar-refractivity contribution in [2.24, 2.45) is 0 Å². The topological polar surface area (TPSA) is 51.4 Å². The number of pyridine rings is 1. The van der Waals surface area contributed by atoms with Gasteiger partial charge in [-0.3, -0.25) is 9.69 Å². The lowest BCUT2D eigenvalue weighted by Crippen LogP contribution is -2.46. The molecule has 1 aromatic heterocycles. The molecule has 0 radical (unpaired) electrons. The molecule has 3 aromatic rings. The van der Waals surface area contributed by atoms with Gasteiger partial charge >= 0.3 is 0 Å². The van der Waals surface area contributed by atoms with Gasteiger partial charge in [-0.05, 0) is 67.6 Å². The molecule has 2 aliphatic rings. The molecule has 5 rings (SSSR count). The maximum absolute atomic E-state index is 13.4. The Morgan fingerprint density at radius 1 is 1.03 bits per heavy atom. The summed E-state index contributed by atoms with van der Waals surface area (Å²) in [6.45, 7) is 9.64. The Morgan fingerprint density at radius 2 is 1.84 bits per heavy atom. The minimum Gasteiger partial charge on any atom is -0.384 e. The maximum atomic E-state index is 13.4. The van der Waals surface area contributed by atoms with Gasteiger partial charge in [-0.1, -0.05) is 6.07 Å². The highest BCUT2D eigenvalue weighted by atomic mass is 19.1. The first-order valence-electron chi connectivity index (χ1n) is 11.2. The molecule has 2 aromatic carbocycles. The van der Waals surface area contributed by atoms with Crippen LogP contribution in [0.15, 0.2) is 35.1 Å². The smallest absolute Gasteiger partial charge is 0.253 e. The van der Waals surface area contributed by atoms with Crippen LogP contribution in [0, 0.1) is 19.7 Å². The number of halogens is 1. The fraction of sp³-hybridized carbons (Fsp3) is 0.400. The van der Waals surface area contributed by atoms with E-state index in [-0.39, 0.29) is 11.4 Å². The Kier molecular flexibility index (Phi) is 5.18. The largest absolute Gasteiger partial charge is 0.384 e. The number of anilines is 2. The molecule has 162 valence electrons. The van der Waals surface area contributed by atoms with E-state index < -0.39 is 0 Å². The van der Waals surface area contributed by atoms with Crippen LogP contribution in [0.5, 0.6) is 0 Å². The molecule has 0 amide bonds. The second-order valence-corrected chi connectivity index (χ2v) is 8.87. The molecule has 0 unspecified atom stereocenters. The van der Waals surface area contributed by atoms with E-state index in [0.29, 0.717) is 0 Å². The van der Waals surface area contributed by atoms with Crippen molar-refractivity contribution in [1.82, 2.24) is 9.88 Å². The fourth-order valence-electron chi connectivity index (χ4n) is 5.14. The normalized spacial score (nSPS) is 16.9. The molecule has 2 aliphatic heterocycles. The molecule has 6 heteroatoms. The first-order valence-corrected chi connectivity index (χ1v) is 11.2. The Labute approximate surface area is 181 Å². The Morgan fingerprint density at radius 3 is 2.61 bits per heavy atom. The van der Waals surface area contributed by atoms with E-state index in [1.165, 1.54) is 11.1 Å². The molecule has 5 nitrogen and oxygen atoms in total. The van der Waals surface area contributed by atoms with E-state index in [1.54, 1.807) is 12.1 Å². The molecule has 1 fully saturated rings. The number of H-pyrrole nitrogens is 1. The van der Waals surface area contributed by atoms with Gasteiger partial charge in [0.1, 0.15) is 5.82 Å². The molecular weight excluding hydrogens is 391 g/mol. The van der Waals surface area contributed by atoms with Crippen LogP contribution in [-0.2, 0) is 13.0 Å². The molecule has 0 aliphatic carbocycles. The third-order valence-corrected chi connectivity index (χ3v) is 6.65. The van der Waals surface area contributed by atoms with Crippen LogP contribution in [-0.4, -0.2) is 42.6 Å². The third kappa shape index (κ3) is 3.81. The van der Waals surface area contributed by atoms with Crippen molar-refractivity contribution in [2.45, 2.75) is 33.2 Å². The second kappa shape index (κ2) is 8.00. The van der Waals surface area contributed by atoms with Crippen LogP contribution in [0.25, 0.3) is 10.9 Å². The number of hydrogen-bond acceptors (Lipinski definition) is 4. The van der Waals surface area contributed by atoms with Crippen LogP contribution in [0.3, 0.4) is 0 Å². The van der Waals surface area contributed by atoms with Crippen LogP contribution in [0.2, 0.25) is 0 Å². The van der Waals surface area contributed by atoms with Gasteiger partial charge in [0.25, 0.3) is 5.56 Å². The Balaban J connectivity index is 1.34. The van der Waals surface area contributed by atoms with Crippen molar-refractivity contribution in [3.63, 3.8) is 0 Å². The van der Waals surface area contributed by atoms with E-state index in [4.69, 9.17) is 0 Å². The zero-order valence-corrected chi connectivity index (χ0v) is 18.2. The standard InChI is InChI=1S/C25H29FN4O/c1-16-13-19(26)5-6-22(16)30-10-8-29(9-11-30)15-18-12-17(2)23-21(14-18)28-25(31)20-4-3-7-27-24(20)23/h5-6,12-14,27H,3-4,7-11,15H2,1-2H3,(H,28,31). The summed E-state index contributed by atoms with van der Waals surface area (Å²) in [6.07, 6.45) is 1.84. The van der Waals surface area contributed by atoms with E-state index in [1.807, 2.05) is 13.0 Å². The monoisotopic (exact) mass is 420 g/mol. The molecule has 2 N–H and O–H groups in total. The summed E-state index contributed by atoms with van der Waals surface area (Å²) in [4.78, 5) is 20.5. The Bertz CT molecular complexity index is 1190. The number of benzene rings is 2. The van der Waals surface area contributed by atoms with Crippen molar-refractivity contribution < 1.29 is 4.39 Å². The summed E-state index contributed by atoms with van der Waals surface area (Å²) < 4.78 is 13.4. The van der Waals surface area contributed by atoms with Crippen molar-refractivity contribution >= 4 is 22.3 Å². The van der Waals surface area contributed by atoms with Gasteiger partial charge in [-0.2, -0.15) is 0 Å². The van der Waals surface area contributed by atoms with Gasteiger partial charge in [-0.15, -0.1) is 0 Å². The molecular formula is C25H29FN4O. The zero-order valence-electron chi connectivity index (χ0n) is 18.2. The molecule has 0 atom stereocenters. The fourth-order valence-corrected chi connectivity index (χ4v) is 5.14. The van der Waals surface area contributed by atoms with Crippen molar-refractivity contribution in [2.75, 3.05) is 42.9 Å². The molecule has 0 saturated carbocycles. The van der Waals surface area contributed by atoms with Gasteiger partial charge in [0, 0.05) is 55.9 Å². The van der Waals surface area contributed by atoms with Gasteiger partial charge in [0.2, 0.25) is 0 Å². The van der Waals surface area contributed by atoms with E-state index in [9.17, 15) is 9.18 Å². The number of aromatic amines is 1. The van der Waals surface area contributed by atoms with E-state index in [0.717, 1.165) is 85.5 Å². The summed E-state index contributed by atoms with van der Waals surface area (Å²) in [6, 6.07) is 9.43. The average molecular weight is 421 g/mol. The zero-order chi connectivity index (χ0) is 21.5. The van der Waals surface area contributed by atoms with Crippen molar-refractivity contribution in [3.05, 3.63) is 68.8 Å². The quantitative estimate of drug-likeness (QED) is 0.673. The number of aryl methyl sites for hydroxylation is 2. The molecule has 0 spiro atoms. The van der Waals surface area contributed by atoms with Crippen molar-refractivity contribution in [1.29, 1.82) is 0 Å². The minimum absolute atomic E-state index is 0.0366. The van der Waals surface area contributed by atoms with Crippen LogP contribution in [0.4, 0.5) is 15.8 Å². The molecule has 0 bridgehead atoms. The molecule has 1 saturated heterocycles. The highest BCUT2D eigenvalue weighted by Crippen LogP contribution is 2.31. The van der Waals surface area contributed by atoms with Crippen LogP contribution in [0.1, 0.15) is 28.7 Å². The summed E-state index contributed by atoms with van der Waals surface area (Å²) in [5.41, 5.74) is 7.41. The number of hydrogen-bond donors (Lipinski definition) is 2. The summed E-state index contributed by atoms with van der Waals surface area (Å²) >= 11 is 0. The van der Waals surface area contributed by atoms with Gasteiger partial charge in [0.15, 0.2) is 0 Å². The third-order valence-electron chi connectivity index (χ3n) is 6.65. The maximum Gasteiger partial charge on any atom is 0.253 e. The lowest BCUT2D eigenvalue weighted by Gasteiger charge is -2.37.